The summed E-state index contributed by atoms with van der Waals surface area (Å²) < 4.78 is 1.57. The molecule has 12 aliphatic carbocycles. The number of alkyl halides is 1. The molecule has 12 aliphatic rings. The third kappa shape index (κ3) is 18.0. The first-order valence-electron chi connectivity index (χ1n) is 36.5. The van der Waals surface area contributed by atoms with Crippen LogP contribution in [0.3, 0.4) is 0 Å². The van der Waals surface area contributed by atoms with Crippen molar-refractivity contribution in [2.75, 3.05) is 12.4 Å². The average Bonchev–Trinajstić information content (AvgIpc) is 1.41. The van der Waals surface area contributed by atoms with E-state index >= 15 is 0 Å². The molecule has 23 heteroatoms. The predicted molar refractivity (Wildman–Crippen MR) is 376 cm³/mol. The van der Waals surface area contributed by atoms with Gasteiger partial charge in [-0.3, -0.25) is 29.0 Å². The molecule has 19 nitrogen and oxygen atoms in total. The van der Waals surface area contributed by atoms with Crippen LogP contribution >= 0.6 is 15.9 Å². The number of aromatic nitrogens is 4. The number of aliphatic hydroxyl groups is 7. The standard InChI is InChI=1S/C26H37N3O3.C22H35BrO3.C22H36O3.C4H3N3.CH2O3.CH4O.2CH4.2K.V.H/c1-24(32)8-9-25(2)17(11-24)4-5-18-19-6-7-20(26(19,3)23(31)10-21(18)25)22(30)15-29-14-16(12-27)13-28-29;1-20(26)8-9-21(2)13(11-20)4-5-14-15-6-7-16(18(24)12-23)22(15,3)19(25)10-17(14)21;1-13(23)16-7-8-17-15-6-5-14-12-20(2,25)9-10-21(14,3)18(15)11-19(24)22(16,17)4;5-1-4-2-6-7-3-4;2-1-4-3;1-2;;;;;;/h13-14,17-21,23,31-32H,4-11,15H2,1-3H3;13-17,19,25-26H,4-12H2,1-3H3;14-19,24-25H,5-12H2,1-4H3;2-3H,(H,6,7);1,3H;2H,1H3;2*1H4;;;;/q;;;;;;;;2*+1;;-1/p-1/t17-,18-,19-,20+,21-,23+,24+,25-,26-;13-,14-,15-,16+,17-,19+,20+,21-,22-;14-,15-,16+,17-,18-,19+,20+,21-,22+;;;;;;;;;/m000........./s1. The van der Waals surface area contributed by atoms with Crippen LogP contribution in [0.2, 0.25) is 0 Å². The van der Waals surface area contributed by atoms with E-state index in [-0.39, 0.29) is 230 Å². The molecule has 0 saturated heterocycles. The summed E-state index contributed by atoms with van der Waals surface area (Å²) in [5.41, 5.74) is -0.707. The molecule has 2 aromatic heterocycles. The second-order valence-electron chi connectivity index (χ2n) is 34.8. The van der Waals surface area contributed by atoms with E-state index in [0.29, 0.717) is 87.5 Å². The second-order valence-corrected chi connectivity index (χ2v) is 35.4. The van der Waals surface area contributed by atoms with Crippen molar-refractivity contribution in [3.05, 3.63) is 35.9 Å². The van der Waals surface area contributed by atoms with Crippen LogP contribution in [0, 0.1) is 144 Å². The topological polar surface area (TPSA) is 336 Å². The first-order valence-corrected chi connectivity index (χ1v) is 37.6. The summed E-state index contributed by atoms with van der Waals surface area (Å²) in [6, 6.07) is 3.98. The Morgan fingerprint density at radius 3 is 1.24 bits per heavy atom. The van der Waals surface area contributed by atoms with Crippen molar-refractivity contribution in [1.82, 2.24) is 20.0 Å². The number of carbonyl (C=O) groups is 4. The van der Waals surface area contributed by atoms with Gasteiger partial charge in [0.15, 0.2) is 5.78 Å². The Morgan fingerprint density at radius 1 is 0.594 bits per heavy atom. The minimum absolute atomic E-state index is 0. The molecule has 0 aliphatic heterocycles. The molecule has 14 rings (SSSR count). The van der Waals surface area contributed by atoms with E-state index in [1.165, 1.54) is 38.1 Å². The zero-order chi connectivity index (χ0) is 70.5. The maximum atomic E-state index is 13.4. The monoisotopic (exact) mass is 1560 g/mol. The van der Waals surface area contributed by atoms with Crippen molar-refractivity contribution in [2.45, 2.75) is 280 Å². The van der Waals surface area contributed by atoms with Gasteiger partial charge in [0.2, 0.25) is 0 Å². The summed E-state index contributed by atoms with van der Waals surface area (Å²) in [4.78, 5) is 49.4. The van der Waals surface area contributed by atoms with Gasteiger partial charge in [-0.1, -0.05) is 72.3 Å². The Kier molecular flexibility index (Phi) is 34.0. The first kappa shape index (κ1) is 93.3. The summed E-state index contributed by atoms with van der Waals surface area (Å²) in [7, 11) is 1.00. The molecule has 101 heavy (non-hydrogen) atoms. The number of aliphatic hydroxyl groups excluding tert-OH is 4. The van der Waals surface area contributed by atoms with Crippen molar-refractivity contribution in [1.29, 1.82) is 10.5 Å². The number of fused-ring (bicyclic) bond motifs is 15. The normalized spacial score (nSPS) is 44.9. The number of hydrogen-bond acceptors (Lipinski definition) is 17. The minimum Gasteiger partial charge on any atom is -1.00 e. The van der Waals surface area contributed by atoms with Gasteiger partial charge in [0.05, 0.1) is 70.5 Å². The number of rotatable bonds is 7. The molecule has 27 atom stereocenters. The minimum atomic E-state index is -0.554. The van der Waals surface area contributed by atoms with Crippen molar-refractivity contribution < 1.29 is 188 Å². The average molecular weight is 1560 g/mol. The van der Waals surface area contributed by atoms with Crippen LogP contribution in [0.1, 0.15) is 251 Å². The zero-order valence-electron chi connectivity index (χ0n) is 62.8. The Balaban J connectivity index is 0.000000357. The maximum absolute atomic E-state index is 13.4. The van der Waals surface area contributed by atoms with Crippen molar-refractivity contribution >= 4 is 39.8 Å². The van der Waals surface area contributed by atoms with Gasteiger partial charge in [0.25, 0.3) is 6.47 Å². The Labute approximate surface area is 711 Å². The van der Waals surface area contributed by atoms with E-state index < -0.39 is 22.9 Å². The number of ketones is 3. The van der Waals surface area contributed by atoms with E-state index in [4.69, 9.17) is 25.7 Å². The number of carbonyl (C=O) groups excluding carboxylic acids is 4. The summed E-state index contributed by atoms with van der Waals surface area (Å²) in [6.07, 6.45) is 29.0. The maximum Gasteiger partial charge on any atom is 1.00 e. The van der Waals surface area contributed by atoms with Crippen molar-refractivity contribution in [3.63, 3.8) is 0 Å². The smallest absolute Gasteiger partial charge is 1.00 e. The molecule has 8 N–H and O–H groups in total. The third-order valence-corrected chi connectivity index (χ3v) is 30.9. The van der Waals surface area contributed by atoms with Gasteiger partial charge in [-0.2, -0.15) is 20.7 Å². The molecule has 559 valence electrons. The van der Waals surface area contributed by atoms with Crippen LogP contribution in [0.25, 0.3) is 0 Å². The van der Waals surface area contributed by atoms with Gasteiger partial charge < -0.3 is 47.3 Å². The molecule has 0 amide bonds. The largest absolute Gasteiger partial charge is 1.00 e. The number of halogens is 1. The zero-order valence-corrected chi connectivity index (χ0v) is 71.0. The van der Waals surface area contributed by atoms with Crippen molar-refractivity contribution in [3.8, 4) is 12.1 Å². The van der Waals surface area contributed by atoms with Crippen molar-refractivity contribution in [2.24, 2.45) is 121 Å². The number of H-pyrrole nitrogens is 1. The van der Waals surface area contributed by atoms with E-state index in [1.807, 2.05) is 26.8 Å². The van der Waals surface area contributed by atoms with Gasteiger partial charge in [0.1, 0.15) is 23.7 Å². The second kappa shape index (κ2) is 36.8. The van der Waals surface area contributed by atoms with Crippen LogP contribution in [0.5, 0.6) is 0 Å². The van der Waals surface area contributed by atoms with E-state index in [0.717, 1.165) is 136 Å². The summed E-state index contributed by atoms with van der Waals surface area (Å²) in [5, 5.41) is 109. The van der Waals surface area contributed by atoms with E-state index in [2.05, 4.69) is 83.7 Å². The molecule has 12 fully saturated rings. The number of hydrogen-bond donors (Lipinski definition) is 8. The Bertz CT molecular complexity index is 3160. The number of aromatic amines is 1. The van der Waals surface area contributed by atoms with E-state index in [9.17, 15) is 45.0 Å². The SMILES string of the molecule is C.C.CC(=O)[C@H]1CC[C@H]2[C@@H]3CC[C@H]4C[C@](C)(O)CC[C@]4(C)[C@H]3C[C@@H](O)[C@]12C.CO.C[C@@]1(O)CC[C@@]2(C)[C@@H](CC[C@@H]3[C@@H]2C[C@@H](O)[C@]2(C)[C@@H](C(=O)CBr)CC[C@@H]32)C1.C[C@@]1(O)CC[C@@]2(C)[C@@H](CC[C@@H]3[C@@H]2C[C@@H](O)[C@]2(C)[C@@H](C(=O)Cn4cc(C#N)cn4)CC[C@@H]32)C1.N#Cc1cn[nH]c1.O=CO[O-].[H-].[K+].[K+].[V]. The van der Waals surface area contributed by atoms with Gasteiger partial charge in [-0.15, -0.1) is 0 Å². The molecule has 0 bridgehead atoms. The van der Waals surface area contributed by atoms with Crippen LogP contribution in [0.15, 0.2) is 24.8 Å². The Hall–Kier alpha value is -0.103. The molecule has 0 spiro atoms. The van der Waals surface area contributed by atoms with Gasteiger partial charge in [0, 0.05) is 72.1 Å². The van der Waals surface area contributed by atoms with Crippen LogP contribution in [-0.2, 0) is 49.2 Å². The van der Waals surface area contributed by atoms with Gasteiger partial charge >= 0.3 is 103 Å². The summed E-state index contributed by atoms with van der Waals surface area (Å²) >= 11 is 3.36. The fraction of sp³-hybridized carbons (Fsp3) is 0.846. The fourth-order valence-electron chi connectivity index (χ4n) is 25.1. The molecule has 0 unspecified atom stereocenters. The quantitative estimate of drug-likeness (QED) is 0.0541. The number of nitrogens with one attached hydrogen (secondary N) is 1. The van der Waals surface area contributed by atoms with Crippen LogP contribution in [0.4, 0.5) is 0 Å². The number of Topliss-reactive ketones (excluding diaryl/α,β-unsaturated/α-hetero) is 3. The van der Waals surface area contributed by atoms with Crippen LogP contribution in [-0.4, -0.2) is 127 Å². The third-order valence-electron chi connectivity index (χ3n) is 30.3. The first-order chi connectivity index (χ1) is 45.2. The predicted octanol–water partition coefficient (Wildman–Crippen LogP) is 5.71. The molecule has 12 saturated carbocycles. The molecule has 0 aromatic carbocycles. The molecular weight excluding hydrogens is 1440 g/mol. The number of nitrogens with zero attached hydrogens (tertiary/aromatic N) is 5. The molecule has 2 aromatic rings. The summed E-state index contributed by atoms with van der Waals surface area (Å²) in [5.74, 6) is 7.04. The summed E-state index contributed by atoms with van der Waals surface area (Å²) in [6.45, 7) is 21.6. The number of nitriles is 2. The molecule has 2 heterocycles. The molecular formula is C78H125BrK2N6O13V. The Morgan fingerprint density at radius 2 is 0.941 bits per heavy atom. The van der Waals surface area contributed by atoms with Crippen LogP contribution < -0.4 is 108 Å². The fourth-order valence-corrected chi connectivity index (χ4v) is 25.5. The van der Waals surface area contributed by atoms with E-state index in [1.54, 1.807) is 24.0 Å². The molecule has 1 radical (unpaired) electrons. The van der Waals surface area contributed by atoms with Gasteiger partial charge in [-0.05, 0) is 269 Å². The van der Waals surface area contributed by atoms with Gasteiger partial charge in [-0.25, -0.2) is 0 Å².